The van der Waals surface area contributed by atoms with Gasteiger partial charge >= 0.3 is 12.1 Å². The van der Waals surface area contributed by atoms with Crippen molar-refractivity contribution in [3.63, 3.8) is 0 Å². The van der Waals surface area contributed by atoms with Gasteiger partial charge in [0.25, 0.3) is 0 Å². The number of aliphatic hydroxyl groups excluding tert-OH is 4. The third-order valence-electron chi connectivity index (χ3n) is 3.47. The predicted molar refractivity (Wildman–Crippen MR) is 75.5 cm³/mol. The smallest absolute Gasteiger partial charge is 0.462 e. The van der Waals surface area contributed by atoms with Crippen LogP contribution in [0.25, 0.3) is 0 Å². The summed E-state index contributed by atoms with van der Waals surface area (Å²) in [5.74, 6) is -2.08. The van der Waals surface area contributed by atoms with Gasteiger partial charge in [-0.3, -0.25) is 4.79 Å². The average molecular weight is 367 g/mol. The van der Waals surface area contributed by atoms with Gasteiger partial charge in [-0.25, -0.2) is 0 Å². The SMILES string of the molecule is O=C(Nc1ccc(OC2O[C@H](CO)[C@H](O)[C@H](O)[C@H]2O)cc1)C(F)(F)F. The van der Waals surface area contributed by atoms with Crippen molar-refractivity contribution >= 4 is 11.6 Å². The van der Waals surface area contributed by atoms with Crippen LogP contribution in [0, 0.1) is 0 Å². The second kappa shape index (κ2) is 7.54. The van der Waals surface area contributed by atoms with Crippen LogP contribution in [0.1, 0.15) is 0 Å². The van der Waals surface area contributed by atoms with E-state index in [9.17, 15) is 33.3 Å². The molecule has 0 aliphatic carbocycles. The number of halogens is 3. The van der Waals surface area contributed by atoms with Gasteiger partial charge in [0.15, 0.2) is 0 Å². The summed E-state index contributed by atoms with van der Waals surface area (Å²) in [6, 6.07) is 4.66. The highest BCUT2D eigenvalue weighted by atomic mass is 19.4. The first-order chi connectivity index (χ1) is 11.6. The van der Waals surface area contributed by atoms with E-state index in [0.29, 0.717) is 0 Å². The van der Waals surface area contributed by atoms with Crippen molar-refractivity contribution in [3.05, 3.63) is 24.3 Å². The summed E-state index contributed by atoms with van der Waals surface area (Å²) in [6.45, 7) is -0.632. The Morgan fingerprint density at radius 3 is 2.24 bits per heavy atom. The van der Waals surface area contributed by atoms with E-state index in [-0.39, 0.29) is 11.4 Å². The van der Waals surface area contributed by atoms with Crippen LogP contribution < -0.4 is 10.1 Å². The van der Waals surface area contributed by atoms with Crippen molar-refractivity contribution in [2.45, 2.75) is 36.9 Å². The molecule has 0 saturated carbocycles. The summed E-state index contributed by atoms with van der Waals surface area (Å²) in [6.07, 6.45) is -12.4. The summed E-state index contributed by atoms with van der Waals surface area (Å²) < 4.78 is 46.9. The zero-order valence-electron chi connectivity index (χ0n) is 12.6. The maximum absolute atomic E-state index is 12.2. The zero-order valence-corrected chi connectivity index (χ0v) is 12.6. The monoisotopic (exact) mass is 367 g/mol. The van der Waals surface area contributed by atoms with Crippen LogP contribution in [0.2, 0.25) is 0 Å². The molecule has 1 aromatic carbocycles. The molecule has 1 aliphatic heterocycles. The number of ether oxygens (including phenoxy) is 2. The first-order valence-electron chi connectivity index (χ1n) is 7.09. The van der Waals surface area contributed by atoms with Gasteiger partial charge in [-0.05, 0) is 24.3 Å². The number of benzene rings is 1. The molecule has 1 saturated heterocycles. The van der Waals surface area contributed by atoms with E-state index in [4.69, 9.17) is 14.6 Å². The standard InChI is InChI=1S/C14H16F3NO7/c15-14(16,17)13(23)18-6-1-3-7(4-2-6)24-12-11(22)10(21)9(20)8(5-19)25-12/h1-4,8-12,19-22H,5H2,(H,18,23)/t8-,9+,10+,11-,12?/m1/s1. The third kappa shape index (κ3) is 4.58. The number of anilines is 1. The molecule has 8 nitrogen and oxygen atoms in total. The minimum Gasteiger partial charge on any atom is -0.462 e. The molecule has 1 aliphatic rings. The Bertz CT molecular complexity index is 593. The van der Waals surface area contributed by atoms with Gasteiger partial charge in [-0.1, -0.05) is 0 Å². The number of carbonyl (C=O) groups excluding carboxylic acids is 1. The summed E-state index contributed by atoms with van der Waals surface area (Å²) in [4.78, 5) is 10.8. The van der Waals surface area contributed by atoms with E-state index >= 15 is 0 Å². The van der Waals surface area contributed by atoms with Crippen molar-refractivity contribution in [2.75, 3.05) is 11.9 Å². The van der Waals surface area contributed by atoms with E-state index < -0.39 is 49.4 Å². The summed E-state index contributed by atoms with van der Waals surface area (Å²) >= 11 is 0. The first-order valence-corrected chi connectivity index (χ1v) is 7.09. The highest BCUT2D eigenvalue weighted by Crippen LogP contribution is 2.25. The Labute approximate surface area is 139 Å². The molecule has 1 aromatic rings. The van der Waals surface area contributed by atoms with E-state index in [1.165, 1.54) is 12.1 Å². The molecule has 5 N–H and O–H groups in total. The van der Waals surface area contributed by atoms with Gasteiger partial charge in [0, 0.05) is 5.69 Å². The van der Waals surface area contributed by atoms with Gasteiger partial charge in [-0.2, -0.15) is 13.2 Å². The maximum Gasteiger partial charge on any atom is 0.471 e. The van der Waals surface area contributed by atoms with Gasteiger partial charge in [0.1, 0.15) is 30.2 Å². The lowest BCUT2D eigenvalue weighted by molar-refractivity contribution is -0.277. The number of carbonyl (C=O) groups is 1. The fraction of sp³-hybridized carbons (Fsp3) is 0.500. The molecule has 1 heterocycles. The highest BCUT2D eigenvalue weighted by Gasteiger charge is 2.44. The zero-order chi connectivity index (χ0) is 18.8. The Hall–Kier alpha value is -1.92. The molecule has 1 unspecified atom stereocenters. The average Bonchev–Trinajstić information content (AvgIpc) is 2.56. The minimum absolute atomic E-state index is 0.0503. The van der Waals surface area contributed by atoms with Crippen LogP contribution in [-0.2, 0) is 9.53 Å². The maximum atomic E-state index is 12.2. The highest BCUT2D eigenvalue weighted by molar-refractivity contribution is 5.94. The van der Waals surface area contributed by atoms with E-state index in [1.807, 2.05) is 0 Å². The van der Waals surface area contributed by atoms with Crippen LogP contribution in [0.15, 0.2) is 24.3 Å². The Kier molecular flexibility index (Phi) is 5.85. The molecule has 0 bridgehead atoms. The quantitative estimate of drug-likeness (QED) is 0.479. The molecule has 0 spiro atoms. The molecule has 0 aromatic heterocycles. The van der Waals surface area contributed by atoms with Gasteiger partial charge in [0.05, 0.1) is 6.61 Å². The molecule has 2 rings (SSSR count). The molecule has 1 fully saturated rings. The number of aliphatic hydroxyl groups is 4. The summed E-state index contributed by atoms with van der Waals surface area (Å²) in [7, 11) is 0. The van der Waals surface area contributed by atoms with Crippen molar-refractivity contribution in [3.8, 4) is 5.75 Å². The second-order valence-corrected chi connectivity index (χ2v) is 5.29. The molecule has 140 valence electrons. The van der Waals surface area contributed by atoms with E-state index in [1.54, 1.807) is 5.32 Å². The van der Waals surface area contributed by atoms with Gasteiger partial charge < -0.3 is 35.2 Å². The molecule has 5 atom stereocenters. The Morgan fingerprint density at radius 1 is 1.12 bits per heavy atom. The fourth-order valence-electron chi connectivity index (χ4n) is 2.12. The molecule has 0 radical (unpaired) electrons. The lowest BCUT2D eigenvalue weighted by atomic mass is 9.99. The molecule has 11 heteroatoms. The molecule has 1 amide bonds. The van der Waals surface area contributed by atoms with Gasteiger partial charge in [-0.15, -0.1) is 0 Å². The third-order valence-corrected chi connectivity index (χ3v) is 3.47. The van der Waals surface area contributed by atoms with Crippen molar-refractivity contribution in [1.29, 1.82) is 0 Å². The van der Waals surface area contributed by atoms with E-state index in [0.717, 1.165) is 12.1 Å². The normalized spacial score (nSPS) is 30.0. The minimum atomic E-state index is -5.02. The van der Waals surface area contributed by atoms with Crippen molar-refractivity contribution in [1.82, 2.24) is 0 Å². The Balaban J connectivity index is 2.02. The number of alkyl halides is 3. The molecular formula is C14H16F3NO7. The first kappa shape index (κ1) is 19.4. The second-order valence-electron chi connectivity index (χ2n) is 5.29. The molecule has 25 heavy (non-hydrogen) atoms. The van der Waals surface area contributed by atoms with Crippen LogP contribution in [0.5, 0.6) is 5.75 Å². The topological polar surface area (TPSA) is 128 Å². The largest absolute Gasteiger partial charge is 0.471 e. The van der Waals surface area contributed by atoms with Crippen LogP contribution >= 0.6 is 0 Å². The van der Waals surface area contributed by atoms with Crippen LogP contribution in [0.4, 0.5) is 18.9 Å². The molecular weight excluding hydrogens is 351 g/mol. The van der Waals surface area contributed by atoms with Crippen molar-refractivity contribution < 1.29 is 47.9 Å². The Morgan fingerprint density at radius 2 is 1.72 bits per heavy atom. The number of hydrogen-bond donors (Lipinski definition) is 5. The number of amides is 1. The van der Waals surface area contributed by atoms with Crippen molar-refractivity contribution in [2.24, 2.45) is 0 Å². The number of rotatable bonds is 4. The van der Waals surface area contributed by atoms with Crippen LogP contribution in [0.3, 0.4) is 0 Å². The van der Waals surface area contributed by atoms with Crippen LogP contribution in [-0.4, -0.2) is 69.8 Å². The number of hydrogen-bond acceptors (Lipinski definition) is 7. The predicted octanol–water partition coefficient (Wildman–Crippen LogP) is -0.634. The lowest BCUT2D eigenvalue weighted by Gasteiger charge is -2.39. The number of nitrogens with one attached hydrogen (secondary N) is 1. The lowest BCUT2D eigenvalue weighted by Crippen LogP contribution is -2.60. The van der Waals surface area contributed by atoms with Gasteiger partial charge in [0.2, 0.25) is 6.29 Å². The summed E-state index contributed by atoms with van der Waals surface area (Å²) in [5, 5.41) is 39.8. The fourth-order valence-corrected chi connectivity index (χ4v) is 2.12. The van der Waals surface area contributed by atoms with E-state index in [2.05, 4.69) is 0 Å². The summed E-state index contributed by atoms with van der Waals surface area (Å²) in [5.41, 5.74) is -0.136.